The van der Waals surface area contributed by atoms with Crippen molar-refractivity contribution in [1.29, 1.82) is 0 Å². The molecule has 0 aliphatic carbocycles. The normalized spacial score (nSPS) is 17.5. The van der Waals surface area contributed by atoms with Gasteiger partial charge in [0.1, 0.15) is 0 Å². The van der Waals surface area contributed by atoms with E-state index in [1.807, 2.05) is 7.05 Å². The number of rotatable bonds is 7. The Morgan fingerprint density at radius 3 is 2.62 bits per heavy atom. The van der Waals surface area contributed by atoms with Gasteiger partial charge in [-0.3, -0.25) is 9.69 Å². The molecule has 1 saturated heterocycles. The van der Waals surface area contributed by atoms with Crippen molar-refractivity contribution in [3.8, 4) is 0 Å². The zero-order valence-electron chi connectivity index (χ0n) is 14.7. The lowest BCUT2D eigenvalue weighted by molar-refractivity contribution is -0.121. The Hall–Kier alpha value is -0.810. The number of nitrogens with zero attached hydrogens (tertiary/aromatic N) is 1. The van der Waals surface area contributed by atoms with Gasteiger partial charge in [-0.25, -0.2) is 0 Å². The summed E-state index contributed by atoms with van der Waals surface area (Å²) in [5.41, 5.74) is 2.57. The van der Waals surface area contributed by atoms with Crippen LogP contribution < -0.4 is 10.6 Å². The molecular weight excluding hydrogens is 345 g/mol. The van der Waals surface area contributed by atoms with Gasteiger partial charge in [-0.2, -0.15) is 0 Å². The quantitative estimate of drug-likeness (QED) is 0.769. The summed E-state index contributed by atoms with van der Waals surface area (Å²) in [6.45, 7) is 7.05. The second-order valence-corrected chi connectivity index (χ2v) is 6.38. The Labute approximate surface area is 158 Å². The van der Waals surface area contributed by atoms with E-state index >= 15 is 0 Å². The SMILES string of the molecule is CNCCC(=O)NCc1ccccc1CN1CCCC(C)C1.Cl.Cl. The van der Waals surface area contributed by atoms with Gasteiger partial charge in [0.05, 0.1) is 0 Å². The van der Waals surface area contributed by atoms with Gasteiger partial charge < -0.3 is 10.6 Å². The van der Waals surface area contributed by atoms with Gasteiger partial charge >= 0.3 is 0 Å². The van der Waals surface area contributed by atoms with E-state index in [1.165, 1.54) is 37.1 Å². The summed E-state index contributed by atoms with van der Waals surface area (Å²) in [5.74, 6) is 0.901. The van der Waals surface area contributed by atoms with Crippen LogP contribution in [0.3, 0.4) is 0 Å². The molecule has 1 fully saturated rings. The lowest BCUT2D eigenvalue weighted by Gasteiger charge is -2.31. The van der Waals surface area contributed by atoms with Gasteiger partial charge in [0.2, 0.25) is 5.91 Å². The number of carbonyl (C=O) groups excluding carboxylic acids is 1. The topological polar surface area (TPSA) is 44.4 Å². The van der Waals surface area contributed by atoms with Gasteiger partial charge in [0, 0.05) is 32.6 Å². The van der Waals surface area contributed by atoms with E-state index in [2.05, 4.69) is 46.7 Å². The van der Waals surface area contributed by atoms with Crippen LogP contribution >= 0.6 is 24.8 Å². The van der Waals surface area contributed by atoms with Crippen LogP contribution in [0.25, 0.3) is 0 Å². The van der Waals surface area contributed by atoms with Crippen LogP contribution in [0.2, 0.25) is 0 Å². The van der Waals surface area contributed by atoms with Crippen molar-refractivity contribution in [3.05, 3.63) is 35.4 Å². The maximum atomic E-state index is 11.8. The highest BCUT2D eigenvalue weighted by Gasteiger charge is 2.17. The Morgan fingerprint density at radius 1 is 1.25 bits per heavy atom. The molecule has 2 N–H and O–H groups in total. The van der Waals surface area contributed by atoms with Crippen LogP contribution in [0.5, 0.6) is 0 Å². The molecule has 1 aliphatic heterocycles. The van der Waals surface area contributed by atoms with E-state index in [0.29, 0.717) is 13.0 Å². The standard InChI is InChI=1S/C18H29N3O.2ClH/c1-15-6-5-11-21(13-15)14-17-8-4-3-7-16(17)12-20-18(22)9-10-19-2;;/h3-4,7-8,15,19H,5-6,9-14H2,1-2H3,(H,20,22);2*1H. The average Bonchev–Trinajstić information content (AvgIpc) is 2.52. The summed E-state index contributed by atoms with van der Waals surface area (Å²) in [4.78, 5) is 14.3. The van der Waals surface area contributed by atoms with Gasteiger partial charge in [0.25, 0.3) is 0 Å². The smallest absolute Gasteiger partial charge is 0.221 e. The van der Waals surface area contributed by atoms with Crippen molar-refractivity contribution in [1.82, 2.24) is 15.5 Å². The maximum absolute atomic E-state index is 11.8. The van der Waals surface area contributed by atoms with E-state index in [1.54, 1.807) is 0 Å². The van der Waals surface area contributed by atoms with Crippen LogP contribution in [-0.4, -0.2) is 37.5 Å². The van der Waals surface area contributed by atoms with Crippen LogP contribution in [0, 0.1) is 5.92 Å². The number of nitrogens with one attached hydrogen (secondary N) is 2. The second-order valence-electron chi connectivity index (χ2n) is 6.38. The van der Waals surface area contributed by atoms with E-state index in [9.17, 15) is 4.79 Å². The Kier molecular flexibility index (Phi) is 12.1. The summed E-state index contributed by atoms with van der Waals surface area (Å²) in [7, 11) is 1.86. The maximum Gasteiger partial charge on any atom is 0.221 e. The molecule has 0 saturated carbocycles. The van der Waals surface area contributed by atoms with Crippen LogP contribution in [0.1, 0.15) is 37.3 Å². The highest BCUT2D eigenvalue weighted by molar-refractivity contribution is 5.85. The van der Waals surface area contributed by atoms with Gasteiger partial charge in [-0.15, -0.1) is 24.8 Å². The summed E-state index contributed by atoms with van der Waals surface area (Å²) < 4.78 is 0. The third-order valence-corrected chi connectivity index (χ3v) is 4.33. The summed E-state index contributed by atoms with van der Waals surface area (Å²) >= 11 is 0. The number of likely N-dealkylation sites (tertiary alicyclic amines) is 1. The molecule has 0 radical (unpaired) electrons. The second kappa shape index (κ2) is 12.5. The molecule has 1 unspecified atom stereocenters. The molecule has 1 aromatic carbocycles. The molecule has 24 heavy (non-hydrogen) atoms. The number of amides is 1. The number of hydrogen-bond acceptors (Lipinski definition) is 3. The molecule has 0 bridgehead atoms. The zero-order valence-corrected chi connectivity index (χ0v) is 16.3. The first-order valence-electron chi connectivity index (χ1n) is 8.39. The van der Waals surface area contributed by atoms with E-state index in [-0.39, 0.29) is 30.7 Å². The molecule has 1 aliphatic rings. The predicted molar refractivity (Wildman–Crippen MR) is 105 cm³/mol. The van der Waals surface area contributed by atoms with Crippen LogP contribution in [0.15, 0.2) is 24.3 Å². The van der Waals surface area contributed by atoms with Crippen molar-refractivity contribution in [3.63, 3.8) is 0 Å². The first-order valence-corrected chi connectivity index (χ1v) is 8.39. The predicted octanol–water partition coefficient (Wildman–Crippen LogP) is 2.99. The fourth-order valence-corrected chi connectivity index (χ4v) is 3.08. The number of hydrogen-bond donors (Lipinski definition) is 2. The monoisotopic (exact) mass is 375 g/mol. The minimum Gasteiger partial charge on any atom is -0.352 e. The third kappa shape index (κ3) is 7.84. The number of halogens is 2. The molecule has 1 atom stereocenters. The van der Waals surface area contributed by atoms with Crippen molar-refractivity contribution >= 4 is 30.7 Å². The van der Waals surface area contributed by atoms with Crippen molar-refractivity contribution in [2.45, 2.75) is 39.3 Å². The van der Waals surface area contributed by atoms with E-state index in [4.69, 9.17) is 0 Å². The van der Waals surface area contributed by atoms with Gasteiger partial charge in [-0.05, 0) is 43.5 Å². The highest BCUT2D eigenvalue weighted by Crippen LogP contribution is 2.19. The molecular formula is C18H31Cl2N3O. The number of benzene rings is 1. The first-order chi connectivity index (χ1) is 10.7. The van der Waals surface area contributed by atoms with E-state index < -0.39 is 0 Å². The molecule has 1 aromatic rings. The minimum absolute atomic E-state index is 0. The van der Waals surface area contributed by atoms with Gasteiger partial charge in [0.15, 0.2) is 0 Å². The van der Waals surface area contributed by atoms with Gasteiger partial charge in [-0.1, -0.05) is 31.2 Å². The average molecular weight is 376 g/mol. The summed E-state index contributed by atoms with van der Waals surface area (Å²) in [6.07, 6.45) is 3.17. The molecule has 6 heteroatoms. The third-order valence-electron chi connectivity index (χ3n) is 4.33. The Bertz CT molecular complexity index is 485. The lowest BCUT2D eigenvalue weighted by Crippen LogP contribution is -2.34. The molecule has 0 aromatic heterocycles. The molecule has 1 amide bonds. The first kappa shape index (κ1) is 23.2. The largest absolute Gasteiger partial charge is 0.352 e. The van der Waals surface area contributed by atoms with Crippen molar-refractivity contribution in [2.24, 2.45) is 5.92 Å². The van der Waals surface area contributed by atoms with E-state index in [0.717, 1.165) is 19.0 Å². The Balaban J connectivity index is 0.00000264. The van der Waals surface area contributed by atoms with Crippen LogP contribution in [0.4, 0.5) is 0 Å². The molecule has 1 heterocycles. The highest BCUT2D eigenvalue weighted by atomic mass is 35.5. The minimum atomic E-state index is 0. The molecule has 2 rings (SSSR count). The van der Waals surface area contributed by atoms with Crippen molar-refractivity contribution in [2.75, 3.05) is 26.7 Å². The molecule has 0 spiro atoms. The molecule has 138 valence electrons. The summed E-state index contributed by atoms with van der Waals surface area (Å²) in [6, 6.07) is 8.46. The number of piperidine rings is 1. The Morgan fingerprint density at radius 2 is 1.96 bits per heavy atom. The summed E-state index contributed by atoms with van der Waals surface area (Å²) in [5, 5.41) is 6.02. The van der Waals surface area contributed by atoms with Crippen LogP contribution in [-0.2, 0) is 17.9 Å². The molecule has 4 nitrogen and oxygen atoms in total. The lowest BCUT2D eigenvalue weighted by atomic mass is 9.99. The zero-order chi connectivity index (χ0) is 15.8. The fraction of sp³-hybridized carbons (Fsp3) is 0.611. The number of carbonyl (C=O) groups is 1. The van der Waals surface area contributed by atoms with Crippen molar-refractivity contribution < 1.29 is 4.79 Å². The fourth-order valence-electron chi connectivity index (χ4n) is 3.08.